The molecule has 110 valence electrons. The number of benzene rings is 1. The van der Waals surface area contributed by atoms with Gasteiger partial charge in [0.15, 0.2) is 5.78 Å². The van der Waals surface area contributed by atoms with Crippen molar-refractivity contribution in [3.63, 3.8) is 0 Å². The van der Waals surface area contributed by atoms with Crippen molar-refractivity contribution in [1.82, 2.24) is 0 Å². The Balaban J connectivity index is 1.77. The van der Waals surface area contributed by atoms with Crippen molar-refractivity contribution >= 4 is 5.78 Å². The van der Waals surface area contributed by atoms with Gasteiger partial charge < -0.3 is 15.2 Å². The zero-order valence-corrected chi connectivity index (χ0v) is 12.0. The van der Waals surface area contributed by atoms with Gasteiger partial charge in [-0.15, -0.1) is 0 Å². The minimum atomic E-state index is -0.504. The van der Waals surface area contributed by atoms with Crippen LogP contribution in [-0.4, -0.2) is 36.2 Å². The van der Waals surface area contributed by atoms with Gasteiger partial charge in [0, 0.05) is 0 Å². The Morgan fingerprint density at radius 1 is 1.40 bits per heavy atom. The van der Waals surface area contributed by atoms with Crippen molar-refractivity contribution in [2.24, 2.45) is 0 Å². The maximum absolute atomic E-state index is 11.5. The number of hydrogen-bond donors (Lipinski definition) is 2. The molecule has 1 atom stereocenters. The quantitative estimate of drug-likeness (QED) is 0.735. The summed E-state index contributed by atoms with van der Waals surface area (Å²) < 4.78 is 5.58. The first-order valence-electron chi connectivity index (χ1n) is 7.41. The summed E-state index contributed by atoms with van der Waals surface area (Å²) in [5, 5.41) is 12.2. The molecule has 4 nitrogen and oxygen atoms in total. The van der Waals surface area contributed by atoms with Crippen molar-refractivity contribution in [2.45, 2.75) is 44.8 Å². The van der Waals surface area contributed by atoms with E-state index in [2.05, 4.69) is 5.32 Å². The largest absolute Gasteiger partial charge is 0.490 e. The van der Waals surface area contributed by atoms with Crippen LogP contribution in [0, 0.1) is 0 Å². The van der Waals surface area contributed by atoms with Crippen LogP contribution in [0.3, 0.4) is 0 Å². The molecular weight excluding hydrogens is 254 g/mol. The lowest BCUT2D eigenvalue weighted by atomic mass is 10.1. The van der Waals surface area contributed by atoms with Crippen molar-refractivity contribution in [1.29, 1.82) is 0 Å². The van der Waals surface area contributed by atoms with E-state index in [1.54, 1.807) is 12.1 Å². The minimum Gasteiger partial charge on any atom is -0.490 e. The molecule has 1 fully saturated rings. The van der Waals surface area contributed by atoms with Gasteiger partial charge in [-0.3, -0.25) is 4.79 Å². The maximum atomic E-state index is 11.5. The fraction of sp³-hybridized carbons (Fsp3) is 0.562. The smallest absolute Gasteiger partial charge is 0.163 e. The zero-order chi connectivity index (χ0) is 14.4. The number of ether oxygens (including phenoxy) is 1. The first kappa shape index (κ1) is 15.0. The van der Waals surface area contributed by atoms with Crippen LogP contribution in [0.25, 0.3) is 0 Å². The number of hydrogen-bond acceptors (Lipinski definition) is 3. The normalized spacial score (nSPS) is 17.1. The summed E-state index contributed by atoms with van der Waals surface area (Å²) in [7, 11) is 0. The summed E-state index contributed by atoms with van der Waals surface area (Å²) >= 11 is 0. The Labute approximate surface area is 120 Å². The molecule has 1 saturated carbocycles. The second-order valence-electron chi connectivity index (χ2n) is 5.53. The molecule has 0 amide bonds. The second-order valence-corrected chi connectivity index (χ2v) is 5.53. The highest BCUT2D eigenvalue weighted by molar-refractivity contribution is 5.96. The summed E-state index contributed by atoms with van der Waals surface area (Å²) in [5.74, 6) is 0.535. The molecular formula is C16H24NO3+. The van der Waals surface area contributed by atoms with E-state index in [9.17, 15) is 9.90 Å². The summed E-state index contributed by atoms with van der Waals surface area (Å²) in [5.41, 5.74) is 0.569. The van der Waals surface area contributed by atoms with E-state index >= 15 is 0 Å². The molecule has 20 heavy (non-hydrogen) atoms. The predicted octanol–water partition coefficient (Wildman–Crippen LogP) is 1.13. The van der Waals surface area contributed by atoms with E-state index in [1.165, 1.54) is 32.6 Å². The summed E-state index contributed by atoms with van der Waals surface area (Å²) in [6.07, 6.45) is 4.61. The third-order valence-corrected chi connectivity index (χ3v) is 3.84. The molecule has 0 saturated heterocycles. The molecule has 0 radical (unpaired) electrons. The Morgan fingerprint density at radius 3 is 2.80 bits per heavy atom. The number of carbonyl (C=O) groups is 1. The van der Waals surface area contributed by atoms with E-state index in [0.717, 1.165) is 0 Å². The van der Waals surface area contributed by atoms with Gasteiger partial charge in [-0.05, 0) is 44.7 Å². The lowest BCUT2D eigenvalue weighted by molar-refractivity contribution is -0.693. The molecule has 0 heterocycles. The average molecular weight is 278 g/mol. The van der Waals surface area contributed by atoms with Gasteiger partial charge in [-0.1, -0.05) is 12.1 Å². The maximum Gasteiger partial charge on any atom is 0.163 e. The molecule has 0 unspecified atom stereocenters. The van der Waals surface area contributed by atoms with E-state index in [0.29, 0.717) is 23.9 Å². The summed E-state index contributed by atoms with van der Waals surface area (Å²) in [4.78, 5) is 11.5. The number of quaternary nitrogens is 1. The molecule has 0 aromatic heterocycles. The van der Waals surface area contributed by atoms with Crippen LogP contribution in [0.2, 0.25) is 0 Å². The monoisotopic (exact) mass is 278 g/mol. The first-order valence-corrected chi connectivity index (χ1v) is 7.41. The fourth-order valence-corrected chi connectivity index (χ4v) is 2.68. The first-order chi connectivity index (χ1) is 9.66. The van der Waals surface area contributed by atoms with E-state index in [-0.39, 0.29) is 12.4 Å². The number of ketones is 1. The lowest BCUT2D eigenvalue weighted by Gasteiger charge is -2.15. The Morgan fingerprint density at radius 2 is 2.10 bits per heavy atom. The molecule has 0 spiro atoms. The number of aliphatic hydroxyl groups is 1. The van der Waals surface area contributed by atoms with Crippen LogP contribution in [-0.2, 0) is 0 Å². The lowest BCUT2D eigenvalue weighted by Crippen LogP contribution is -2.91. The van der Waals surface area contributed by atoms with Gasteiger partial charge in [-0.25, -0.2) is 0 Å². The van der Waals surface area contributed by atoms with Gasteiger partial charge in [0.1, 0.15) is 25.0 Å². The second kappa shape index (κ2) is 7.41. The SMILES string of the molecule is CC(=O)c1ccccc1OC[C@H](O)C[NH2+]C1CCCC1. The number of rotatable bonds is 7. The number of carbonyl (C=O) groups excluding carboxylic acids is 1. The van der Waals surface area contributed by atoms with Crippen molar-refractivity contribution < 1.29 is 20.0 Å². The van der Waals surface area contributed by atoms with E-state index < -0.39 is 6.10 Å². The highest BCUT2D eigenvalue weighted by atomic mass is 16.5. The number of Topliss-reactive ketones (excluding diaryl/α,β-unsaturated/α-hetero) is 1. The van der Waals surface area contributed by atoms with Gasteiger partial charge in [-0.2, -0.15) is 0 Å². The third-order valence-electron chi connectivity index (χ3n) is 3.84. The standard InChI is InChI=1S/C16H23NO3/c1-12(18)15-8-4-5-9-16(15)20-11-14(19)10-17-13-6-2-3-7-13/h4-5,8-9,13-14,17,19H,2-3,6-7,10-11H2,1H3/p+1/t14-/m1/s1. The van der Waals surface area contributed by atoms with Crippen LogP contribution in [0.1, 0.15) is 43.0 Å². The topological polar surface area (TPSA) is 63.1 Å². The molecule has 1 aromatic carbocycles. The molecule has 4 heteroatoms. The van der Waals surface area contributed by atoms with Crippen molar-refractivity contribution in [3.05, 3.63) is 29.8 Å². The van der Waals surface area contributed by atoms with E-state index in [1.807, 2.05) is 12.1 Å². The summed E-state index contributed by atoms with van der Waals surface area (Å²) in [6.45, 7) is 2.41. The Kier molecular flexibility index (Phi) is 5.56. The molecule has 0 aliphatic heterocycles. The van der Waals surface area contributed by atoms with Crippen molar-refractivity contribution in [2.75, 3.05) is 13.2 Å². The van der Waals surface area contributed by atoms with Crippen LogP contribution in [0.5, 0.6) is 5.75 Å². The Bertz CT molecular complexity index is 441. The molecule has 1 aliphatic rings. The molecule has 1 aliphatic carbocycles. The highest BCUT2D eigenvalue weighted by Crippen LogP contribution is 2.18. The molecule has 3 N–H and O–H groups in total. The van der Waals surface area contributed by atoms with Gasteiger partial charge in [0.25, 0.3) is 0 Å². The third kappa shape index (κ3) is 4.32. The van der Waals surface area contributed by atoms with E-state index in [4.69, 9.17) is 4.74 Å². The average Bonchev–Trinajstić information content (AvgIpc) is 2.96. The van der Waals surface area contributed by atoms with Crippen molar-refractivity contribution in [3.8, 4) is 5.75 Å². The number of aliphatic hydroxyl groups excluding tert-OH is 1. The summed E-state index contributed by atoms with van der Waals surface area (Å²) in [6, 6.07) is 7.82. The molecule has 2 rings (SSSR count). The number of para-hydroxylation sites is 1. The number of nitrogens with two attached hydrogens (primary N) is 1. The fourth-order valence-electron chi connectivity index (χ4n) is 2.68. The van der Waals surface area contributed by atoms with Crippen LogP contribution in [0.15, 0.2) is 24.3 Å². The zero-order valence-electron chi connectivity index (χ0n) is 12.0. The van der Waals surface area contributed by atoms with Gasteiger partial charge >= 0.3 is 0 Å². The molecule has 1 aromatic rings. The minimum absolute atomic E-state index is 0.0207. The van der Waals surface area contributed by atoms with Crippen LogP contribution < -0.4 is 10.1 Å². The van der Waals surface area contributed by atoms with Crippen LogP contribution >= 0.6 is 0 Å². The van der Waals surface area contributed by atoms with Gasteiger partial charge in [0.05, 0.1) is 11.6 Å². The Hall–Kier alpha value is -1.39. The van der Waals surface area contributed by atoms with Gasteiger partial charge in [0.2, 0.25) is 0 Å². The molecule has 0 bridgehead atoms. The highest BCUT2D eigenvalue weighted by Gasteiger charge is 2.19. The predicted molar refractivity (Wildman–Crippen MR) is 77.0 cm³/mol. The van der Waals surface area contributed by atoms with Crippen LogP contribution in [0.4, 0.5) is 0 Å².